The summed E-state index contributed by atoms with van der Waals surface area (Å²) in [5.41, 5.74) is 3.71. The van der Waals surface area contributed by atoms with Crippen molar-refractivity contribution in [3.8, 4) is 11.3 Å². The maximum Gasteiger partial charge on any atom is 0.491 e. The molecule has 0 fully saturated rings. The van der Waals surface area contributed by atoms with Crippen LogP contribution in [0.2, 0.25) is 5.02 Å². The van der Waals surface area contributed by atoms with E-state index >= 15 is 0 Å². The first-order chi connectivity index (χ1) is 8.16. The molecule has 0 aliphatic carbocycles. The molecule has 3 nitrogen and oxygen atoms in total. The first-order valence-corrected chi connectivity index (χ1v) is 5.78. The minimum absolute atomic E-state index is 0.420. The van der Waals surface area contributed by atoms with Crippen LogP contribution in [0.25, 0.3) is 11.3 Å². The summed E-state index contributed by atoms with van der Waals surface area (Å²) in [4.78, 5) is 0. The van der Waals surface area contributed by atoms with Gasteiger partial charge in [-0.2, -0.15) is 0 Å². The van der Waals surface area contributed by atoms with E-state index in [0.29, 0.717) is 11.6 Å². The van der Waals surface area contributed by atoms with Crippen molar-refractivity contribution in [1.82, 2.24) is 4.57 Å². The van der Waals surface area contributed by atoms with E-state index in [2.05, 4.69) is 0 Å². The van der Waals surface area contributed by atoms with Gasteiger partial charge in [0.15, 0.2) is 0 Å². The van der Waals surface area contributed by atoms with Crippen molar-refractivity contribution in [2.45, 2.75) is 6.61 Å². The van der Waals surface area contributed by atoms with Crippen molar-refractivity contribution >= 4 is 24.2 Å². The van der Waals surface area contributed by atoms with Crippen LogP contribution >= 0.6 is 11.6 Å². The number of halogens is 1. The highest BCUT2D eigenvalue weighted by molar-refractivity contribution is 6.61. The van der Waals surface area contributed by atoms with Gasteiger partial charge in [-0.05, 0) is 29.2 Å². The first-order valence-electron chi connectivity index (χ1n) is 5.40. The number of hydrogen-bond acceptors (Lipinski definition) is 2. The van der Waals surface area contributed by atoms with Crippen molar-refractivity contribution in [2.24, 2.45) is 7.05 Å². The van der Waals surface area contributed by atoms with E-state index in [1.807, 2.05) is 42.1 Å². The zero-order chi connectivity index (χ0) is 12.0. The molecule has 1 N–H and O–H groups in total. The highest BCUT2D eigenvalue weighted by Gasteiger charge is 2.28. The van der Waals surface area contributed by atoms with Gasteiger partial charge < -0.3 is 14.2 Å². The Balaban J connectivity index is 2.19. The number of nitrogens with zero attached hydrogens (tertiary/aromatic N) is 1. The minimum atomic E-state index is -0.832. The van der Waals surface area contributed by atoms with Gasteiger partial charge in [0.05, 0.1) is 11.6 Å². The van der Waals surface area contributed by atoms with E-state index in [4.69, 9.17) is 16.3 Å². The Hall–Kier alpha value is -1.23. The molecule has 0 unspecified atom stereocenters. The van der Waals surface area contributed by atoms with Crippen LogP contribution in [0.5, 0.6) is 0 Å². The van der Waals surface area contributed by atoms with Gasteiger partial charge in [0.2, 0.25) is 0 Å². The fourth-order valence-corrected chi connectivity index (χ4v) is 2.46. The summed E-state index contributed by atoms with van der Waals surface area (Å²) >= 11 is 6.27. The molecule has 1 aliphatic rings. The summed E-state index contributed by atoms with van der Waals surface area (Å²) in [7, 11) is 1.13. The lowest BCUT2D eigenvalue weighted by molar-refractivity contribution is 0.275. The molecule has 0 bridgehead atoms. The molecule has 1 aliphatic heterocycles. The Bertz CT molecular complexity index is 582. The summed E-state index contributed by atoms with van der Waals surface area (Å²) in [6, 6.07) is 7.74. The molecule has 2 aromatic rings. The number of aromatic nitrogens is 1. The minimum Gasteiger partial charge on any atom is -0.423 e. The van der Waals surface area contributed by atoms with Gasteiger partial charge in [0.25, 0.3) is 0 Å². The fourth-order valence-electron chi connectivity index (χ4n) is 2.18. The molecule has 17 heavy (non-hydrogen) atoms. The Morgan fingerprint density at radius 1 is 1.47 bits per heavy atom. The second kappa shape index (κ2) is 3.91. The monoisotopic (exact) mass is 247 g/mol. The zero-order valence-electron chi connectivity index (χ0n) is 9.35. The third-order valence-corrected chi connectivity index (χ3v) is 3.42. The van der Waals surface area contributed by atoms with Crippen molar-refractivity contribution in [2.75, 3.05) is 0 Å². The standard InChI is InChI=1S/C12H11BClNO2/c1-15-4-2-3-12(15)9-6-10-8(5-11(9)14)7-17-13(10)16/h2-6,16H,7H2,1H3. The maximum atomic E-state index is 9.69. The number of aryl methyl sites for hydroxylation is 1. The van der Waals surface area contributed by atoms with E-state index in [1.165, 1.54) is 0 Å². The molecule has 0 amide bonds. The van der Waals surface area contributed by atoms with Gasteiger partial charge in [-0.1, -0.05) is 17.7 Å². The number of fused-ring (bicyclic) bond motifs is 1. The second-order valence-corrected chi connectivity index (χ2v) is 4.61. The van der Waals surface area contributed by atoms with Gasteiger partial charge in [-0.15, -0.1) is 0 Å². The molecule has 86 valence electrons. The van der Waals surface area contributed by atoms with Crippen LogP contribution in [0, 0.1) is 0 Å². The number of rotatable bonds is 1. The van der Waals surface area contributed by atoms with Crippen LogP contribution in [-0.2, 0) is 18.3 Å². The molecular formula is C12H11BClNO2. The van der Waals surface area contributed by atoms with Gasteiger partial charge in [0, 0.05) is 24.5 Å². The molecule has 0 atom stereocenters. The number of benzene rings is 1. The van der Waals surface area contributed by atoms with Crippen LogP contribution in [0.15, 0.2) is 30.5 Å². The molecule has 0 radical (unpaired) electrons. The van der Waals surface area contributed by atoms with E-state index in [-0.39, 0.29) is 0 Å². The Kier molecular flexibility index (Phi) is 2.51. The highest BCUT2D eigenvalue weighted by Crippen LogP contribution is 2.29. The Morgan fingerprint density at radius 2 is 2.29 bits per heavy atom. The lowest BCUT2D eigenvalue weighted by atomic mass is 9.78. The van der Waals surface area contributed by atoms with Crippen molar-refractivity contribution in [3.63, 3.8) is 0 Å². The average molecular weight is 247 g/mol. The summed E-state index contributed by atoms with van der Waals surface area (Å²) in [5.74, 6) is 0. The molecule has 0 spiro atoms. The van der Waals surface area contributed by atoms with E-state index in [0.717, 1.165) is 22.3 Å². The topological polar surface area (TPSA) is 34.4 Å². The second-order valence-electron chi connectivity index (χ2n) is 4.20. The summed E-state index contributed by atoms with van der Waals surface area (Å²) in [6.07, 6.45) is 1.96. The van der Waals surface area contributed by atoms with Crippen LogP contribution in [-0.4, -0.2) is 16.7 Å². The lowest BCUT2D eigenvalue weighted by Gasteiger charge is -2.09. The third kappa shape index (κ3) is 1.69. The highest BCUT2D eigenvalue weighted by atomic mass is 35.5. The molecule has 1 aromatic heterocycles. The maximum absolute atomic E-state index is 9.69. The van der Waals surface area contributed by atoms with Crippen LogP contribution in [0.3, 0.4) is 0 Å². The summed E-state index contributed by atoms with van der Waals surface area (Å²) in [5, 5.41) is 10.4. The van der Waals surface area contributed by atoms with Gasteiger partial charge in [0.1, 0.15) is 0 Å². The fraction of sp³-hybridized carbons (Fsp3) is 0.167. The van der Waals surface area contributed by atoms with Crippen LogP contribution < -0.4 is 5.46 Å². The van der Waals surface area contributed by atoms with Crippen molar-refractivity contribution in [3.05, 3.63) is 41.0 Å². The van der Waals surface area contributed by atoms with E-state index in [9.17, 15) is 5.02 Å². The van der Waals surface area contributed by atoms with Crippen molar-refractivity contribution < 1.29 is 9.68 Å². The van der Waals surface area contributed by atoms with Gasteiger partial charge in [-0.3, -0.25) is 0 Å². The van der Waals surface area contributed by atoms with Crippen LogP contribution in [0.4, 0.5) is 0 Å². The largest absolute Gasteiger partial charge is 0.491 e. The predicted octanol–water partition coefficient (Wildman–Crippen LogP) is 1.56. The van der Waals surface area contributed by atoms with E-state index in [1.54, 1.807) is 0 Å². The zero-order valence-corrected chi connectivity index (χ0v) is 10.1. The van der Waals surface area contributed by atoms with Crippen LogP contribution in [0.1, 0.15) is 5.56 Å². The molecule has 0 saturated carbocycles. The lowest BCUT2D eigenvalue weighted by Crippen LogP contribution is -2.28. The molecule has 5 heteroatoms. The van der Waals surface area contributed by atoms with Crippen molar-refractivity contribution in [1.29, 1.82) is 0 Å². The molecular weight excluding hydrogens is 236 g/mol. The normalized spacial score (nSPS) is 14.2. The average Bonchev–Trinajstić information content (AvgIpc) is 2.85. The quantitative estimate of drug-likeness (QED) is 0.776. The summed E-state index contributed by atoms with van der Waals surface area (Å²) < 4.78 is 7.17. The van der Waals surface area contributed by atoms with Gasteiger partial charge >= 0.3 is 7.12 Å². The molecule has 0 saturated heterocycles. The molecule has 3 rings (SSSR count). The third-order valence-electron chi connectivity index (χ3n) is 3.11. The van der Waals surface area contributed by atoms with Gasteiger partial charge in [-0.25, -0.2) is 0 Å². The first kappa shape index (κ1) is 10.9. The molecule has 2 heterocycles. The molecule has 1 aromatic carbocycles. The van der Waals surface area contributed by atoms with E-state index < -0.39 is 7.12 Å². The smallest absolute Gasteiger partial charge is 0.423 e. The SMILES string of the molecule is Cn1cccc1-c1cc2c(cc1Cl)COB2O. The Labute approximate surface area is 105 Å². The Morgan fingerprint density at radius 3 is 3.00 bits per heavy atom. The predicted molar refractivity (Wildman–Crippen MR) is 68.3 cm³/mol. The number of hydrogen-bond donors (Lipinski definition) is 1. The summed E-state index contributed by atoms with van der Waals surface area (Å²) in [6.45, 7) is 0.420.